The molecule has 104 valence electrons. The fourth-order valence-corrected chi connectivity index (χ4v) is 3.01. The van der Waals surface area contributed by atoms with Crippen LogP contribution in [0.5, 0.6) is 0 Å². The molecule has 3 rings (SSSR count). The van der Waals surface area contributed by atoms with Gasteiger partial charge in [0.25, 0.3) is 0 Å². The number of nitrogens with one attached hydrogen (secondary N) is 1. The van der Waals surface area contributed by atoms with E-state index in [1.807, 2.05) is 30.3 Å². The Balaban J connectivity index is 1.74. The summed E-state index contributed by atoms with van der Waals surface area (Å²) in [5.74, 6) is 8.24. The highest BCUT2D eigenvalue weighted by molar-refractivity contribution is 7.98. The van der Waals surface area contributed by atoms with E-state index in [0.717, 1.165) is 21.4 Å². The van der Waals surface area contributed by atoms with Gasteiger partial charge in [0.2, 0.25) is 0 Å². The number of hydrogen-bond donors (Lipinski definition) is 2. The average molecular weight is 307 g/mol. The summed E-state index contributed by atoms with van der Waals surface area (Å²) in [6.45, 7) is 0. The molecule has 1 aromatic carbocycles. The molecule has 0 unspecified atom stereocenters. The van der Waals surface area contributed by atoms with E-state index in [0.29, 0.717) is 17.5 Å². The van der Waals surface area contributed by atoms with Crippen molar-refractivity contribution in [2.24, 2.45) is 5.84 Å². The van der Waals surface area contributed by atoms with Gasteiger partial charge in [-0.25, -0.2) is 15.8 Å². The van der Waals surface area contributed by atoms with Gasteiger partial charge in [-0.15, -0.1) is 11.8 Å². The van der Waals surface area contributed by atoms with E-state index in [1.165, 1.54) is 12.8 Å². The third-order valence-corrected chi connectivity index (χ3v) is 4.32. The number of halogens is 1. The molecule has 1 aromatic heterocycles. The monoisotopic (exact) mass is 306 g/mol. The molecule has 20 heavy (non-hydrogen) atoms. The fourth-order valence-electron chi connectivity index (χ4n) is 1.95. The number of aromatic nitrogens is 2. The largest absolute Gasteiger partial charge is 0.308 e. The summed E-state index contributed by atoms with van der Waals surface area (Å²) < 4.78 is 0. The Morgan fingerprint density at radius 3 is 2.85 bits per heavy atom. The van der Waals surface area contributed by atoms with Gasteiger partial charge in [-0.3, -0.25) is 0 Å². The van der Waals surface area contributed by atoms with Crippen LogP contribution in [0.4, 0.5) is 5.82 Å². The zero-order chi connectivity index (χ0) is 13.9. The van der Waals surface area contributed by atoms with E-state index in [9.17, 15) is 0 Å². The number of nitrogens with zero attached hydrogens (tertiary/aromatic N) is 2. The van der Waals surface area contributed by atoms with Gasteiger partial charge in [0.05, 0.1) is 5.75 Å². The van der Waals surface area contributed by atoms with E-state index in [1.54, 1.807) is 11.8 Å². The van der Waals surface area contributed by atoms with Crippen molar-refractivity contribution in [1.82, 2.24) is 9.97 Å². The number of hydrazine groups is 1. The summed E-state index contributed by atoms with van der Waals surface area (Å²) in [6, 6.07) is 9.72. The fraction of sp³-hybridized carbons (Fsp3) is 0.286. The van der Waals surface area contributed by atoms with Crippen LogP contribution >= 0.6 is 23.4 Å². The van der Waals surface area contributed by atoms with E-state index < -0.39 is 0 Å². The lowest BCUT2D eigenvalue weighted by atomic mass is 10.3. The lowest BCUT2D eigenvalue weighted by Crippen LogP contribution is -2.11. The van der Waals surface area contributed by atoms with Crippen LogP contribution < -0.4 is 11.3 Å². The van der Waals surface area contributed by atoms with E-state index >= 15 is 0 Å². The summed E-state index contributed by atoms with van der Waals surface area (Å²) in [5.41, 5.74) is 3.71. The van der Waals surface area contributed by atoms with Crippen LogP contribution in [0.3, 0.4) is 0 Å². The van der Waals surface area contributed by atoms with Crippen LogP contribution in [-0.2, 0) is 5.75 Å². The lowest BCUT2D eigenvalue weighted by Gasteiger charge is -2.07. The van der Waals surface area contributed by atoms with Crippen LogP contribution in [0.25, 0.3) is 0 Å². The van der Waals surface area contributed by atoms with Crippen molar-refractivity contribution in [3.8, 4) is 0 Å². The number of thioether (sulfide) groups is 1. The third-order valence-electron chi connectivity index (χ3n) is 3.10. The zero-order valence-corrected chi connectivity index (χ0v) is 12.4. The minimum atomic E-state index is 0.583. The minimum Gasteiger partial charge on any atom is -0.308 e. The number of nitrogen functional groups attached to an aromatic ring is 1. The standard InChI is InChI=1S/C14H15ClN4S/c15-10-2-1-3-11(6-10)20-8-14-17-12(9-4-5-9)7-13(18-14)19-16/h1-3,6-7,9H,4-5,8,16H2,(H,17,18,19). The van der Waals surface area contributed by atoms with Crippen molar-refractivity contribution in [2.75, 3.05) is 5.43 Å². The lowest BCUT2D eigenvalue weighted by molar-refractivity contribution is 0.930. The second-order valence-electron chi connectivity index (χ2n) is 4.76. The van der Waals surface area contributed by atoms with E-state index in [4.69, 9.17) is 17.4 Å². The van der Waals surface area contributed by atoms with Gasteiger partial charge in [-0.2, -0.15) is 0 Å². The Kier molecular flexibility index (Phi) is 4.10. The summed E-state index contributed by atoms with van der Waals surface area (Å²) >= 11 is 7.65. The minimum absolute atomic E-state index is 0.583. The first-order valence-corrected chi connectivity index (χ1v) is 7.84. The van der Waals surface area contributed by atoms with Gasteiger partial charge in [0.1, 0.15) is 11.6 Å². The second-order valence-corrected chi connectivity index (χ2v) is 6.24. The van der Waals surface area contributed by atoms with Gasteiger partial charge in [0.15, 0.2) is 0 Å². The second kappa shape index (κ2) is 5.99. The predicted molar refractivity (Wildman–Crippen MR) is 82.8 cm³/mol. The predicted octanol–water partition coefficient (Wildman–Crippen LogP) is 3.59. The number of nitrogens with two attached hydrogens (primary N) is 1. The van der Waals surface area contributed by atoms with Crippen LogP contribution in [-0.4, -0.2) is 9.97 Å². The van der Waals surface area contributed by atoms with Gasteiger partial charge in [-0.05, 0) is 31.0 Å². The molecule has 0 atom stereocenters. The molecule has 0 radical (unpaired) electrons. The first kappa shape index (κ1) is 13.7. The SMILES string of the molecule is NNc1cc(C2CC2)nc(CSc2cccc(Cl)c2)n1. The Bertz CT molecular complexity index is 616. The van der Waals surface area contributed by atoms with Gasteiger partial charge >= 0.3 is 0 Å². The molecule has 4 nitrogen and oxygen atoms in total. The van der Waals surface area contributed by atoms with Crippen molar-refractivity contribution < 1.29 is 0 Å². The molecule has 0 bridgehead atoms. The van der Waals surface area contributed by atoms with Gasteiger partial charge in [0, 0.05) is 27.6 Å². The molecule has 1 heterocycles. The Morgan fingerprint density at radius 2 is 2.15 bits per heavy atom. The van der Waals surface area contributed by atoms with Crippen LogP contribution in [0.2, 0.25) is 5.02 Å². The van der Waals surface area contributed by atoms with E-state index in [2.05, 4.69) is 15.4 Å². The van der Waals surface area contributed by atoms with Crippen LogP contribution in [0, 0.1) is 0 Å². The Labute approximate surface area is 127 Å². The van der Waals surface area contributed by atoms with Crippen molar-refractivity contribution in [2.45, 2.75) is 29.4 Å². The van der Waals surface area contributed by atoms with E-state index in [-0.39, 0.29) is 0 Å². The smallest absolute Gasteiger partial charge is 0.143 e. The highest BCUT2D eigenvalue weighted by Gasteiger charge is 2.26. The Hall–Kier alpha value is -1.30. The normalized spacial score (nSPS) is 14.3. The summed E-state index contributed by atoms with van der Waals surface area (Å²) in [7, 11) is 0. The van der Waals surface area contributed by atoms with Crippen LogP contribution in [0.1, 0.15) is 30.3 Å². The maximum absolute atomic E-state index is 5.98. The molecule has 2 aromatic rings. The van der Waals surface area contributed by atoms with Crippen molar-refractivity contribution in [3.63, 3.8) is 0 Å². The molecule has 1 aliphatic carbocycles. The van der Waals surface area contributed by atoms with Gasteiger partial charge in [-0.1, -0.05) is 17.7 Å². The molecule has 1 aliphatic rings. The Morgan fingerprint density at radius 1 is 1.30 bits per heavy atom. The number of hydrogen-bond acceptors (Lipinski definition) is 5. The summed E-state index contributed by atoms with van der Waals surface area (Å²) in [4.78, 5) is 10.1. The topological polar surface area (TPSA) is 63.8 Å². The summed E-state index contributed by atoms with van der Waals surface area (Å²) in [5, 5.41) is 0.743. The molecule has 1 fully saturated rings. The highest BCUT2D eigenvalue weighted by atomic mass is 35.5. The van der Waals surface area contributed by atoms with Crippen LogP contribution in [0.15, 0.2) is 35.2 Å². The molecule has 0 amide bonds. The molecular formula is C14H15ClN4S. The van der Waals surface area contributed by atoms with Gasteiger partial charge < -0.3 is 5.43 Å². The molecular weight excluding hydrogens is 292 g/mol. The molecule has 0 aliphatic heterocycles. The maximum atomic E-state index is 5.98. The quantitative estimate of drug-likeness (QED) is 0.502. The third kappa shape index (κ3) is 3.42. The highest BCUT2D eigenvalue weighted by Crippen LogP contribution is 2.39. The molecule has 3 N–H and O–H groups in total. The first-order chi connectivity index (χ1) is 9.74. The summed E-state index contributed by atoms with van der Waals surface area (Å²) in [6.07, 6.45) is 2.42. The molecule has 1 saturated carbocycles. The average Bonchev–Trinajstić information content (AvgIpc) is 3.29. The first-order valence-electron chi connectivity index (χ1n) is 6.47. The van der Waals surface area contributed by atoms with Crippen molar-refractivity contribution in [3.05, 3.63) is 46.9 Å². The maximum Gasteiger partial charge on any atom is 0.143 e. The number of anilines is 1. The molecule has 6 heteroatoms. The molecule has 0 spiro atoms. The number of rotatable bonds is 5. The zero-order valence-electron chi connectivity index (χ0n) is 10.8. The molecule has 0 saturated heterocycles. The number of benzene rings is 1. The van der Waals surface area contributed by atoms with Crippen molar-refractivity contribution in [1.29, 1.82) is 0 Å². The van der Waals surface area contributed by atoms with Crippen molar-refractivity contribution >= 4 is 29.2 Å².